The van der Waals surface area contributed by atoms with Crippen molar-refractivity contribution in [2.24, 2.45) is 112 Å². The molecule has 0 bridgehead atoms. The van der Waals surface area contributed by atoms with Gasteiger partial charge in [0.2, 0.25) is 0 Å². The standard InChI is InChI=1S/C18H36.C15H33N.C14H22.C12H27N.C12H26O2.C12H18.C12H26.C6H10/c1-13(2)7-16-10-17(8-14(3)4)12-18(11-16)9-15(5)6;1-13(2)7-10-16(11-8-14(3)4)12-9-15(5)6;1-11(2)9-13-5-7-14(8-6-13)10-12(3)4;1-10(2)7-13(8-11(3)4)9-12(5)6;1-11(2)5-7-13-9-10-14-8-6-12(3)4;1-9(2)11-5-7-12(8-6-11)10(3)4;1-11(2)9-7-5-6-8-10-12(3)4;1-4-5-6(2)3/h13-18H,7-12H2,1-6H3;13-15H,7-12H2,1-6H3;5-8,11-12H,9-10H2,1-4H3;10-12H,7-9H2,1-6H3;11-12H,5-10H2,1-4H3;5-10H,1-4H3;11-12H,5-10H2,1-4H3;1,6H,5H2,2-3H3. The van der Waals surface area contributed by atoms with Gasteiger partial charge in [-0.05, 0) is 250 Å². The molecule has 0 heterocycles. The Labute approximate surface area is 666 Å². The summed E-state index contributed by atoms with van der Waals surface area (Å²) in [5, 5.41) is 0. The first kappa shape index (κ1) is 111. The maximum absolute atomic E-state index is 5.43. The summed E-state index contributed by atoms with van der Waals surface area (Å²) in [6, 6.07) is 18.0. The van der Waals surface area contributed by atoms with Crippen LogP contribution < -0.4 is 0 Å². The largest absolute Gasteiger partial charge is 0.379 e. The van der Waals surface area contributed by atoms with Crippen LogP contribution >= 0.6 is 0 Å². The first-order valence-corrected chi connectivity index (χ1v) is 45.1. The van der Waals surface area contributed by atoms with E-state index >= 15 is 0 Å². The second kappa shape index (κ2) is 72.1. The van der Waals surface area contributed by atoms with Gasteiger partial charge >= 0.3 is 0 Å². The minimum Gasteiger partial charge on any atom is -0.379 e. The van der Waals surface area contributed by atoms with Crippen molar-refractivity contribution in [3.05, 3.63) is 70.8 Å². The minimum atomic E-state index is 0.645. The Kier molecular flexibility index (Phi) is 76.5. The Morgan fingerprint density at radius 1 is 0.295 bits per heavy atom. The lowest BCUT2D eigenvalue weighted by atomic mass is 9.69. The molecule has 4 heteroatoms. The van der Waals surface area contributed by atoms with Gasteiger partial charge < -0.3 is 19.3 Å². The highest BCUT2D eigenvalue weighted by molar-refractivity contribution is 5.26. The number of unbranched alkanes of at least 4 members (excludes halogenated alkanes) is 3. The molecule has 2 aromatic rings. The lowest BCUT2D eigenvalue weighted by molar-refractivity contribution is 0.0405. The van der Waals surface area contributed by atoms with Gasteiger partial charge in [0, 0.05) is 39.3 Å². The predicted octanol–water partition coefficient (Wildman–Crippen LogP) is 31.3. The van der Waals surface area contributed by atoms with Crippen LogP contribution in [0.25, 0.3) is 0 Å². The molecule has 0 unspecified atom stereocenters. The Hall–Kier alpha value is -2.16. The number of hydrogen-bond donors (Lipinski definition) is 0. The monoisotopic (exact) mass is 1470 g/mol. The third kappa shape index (κ3) is 87.3. The fourth-order valence-electron chi connectivity index (χ4n) is 13.4. The summed E-state index contributed by atoms with van der Waals surface area (Å²) < 4.78 is 10.9. The summed E-state index contributed by atoms with van der Waals surface area (Å²) in [6.45, 7) is 93.2. The van der Waals surface area contributed by atoms with E-state index in [1.54, 1.807) is 0 Å². The molecule has 0 saturated heterocycles. The van der Waals surface area contributed by atoms with Crippen molar-refractivity contribution < 1.29 is 9.47 Å². The molecule has 2 aromatic carbocycles. The fraction of sp³-hybridized carbons (Fsp3) is 0.861. The highest BCUT2D eigenvalue weighted by atomic mass is 16.5. The molecule has 0 aromatic heterocycles. The smallest absolute Gasteiger partial charge is 0.0700 e. The van der Waals surface area contributed by atoms with E-state index in [-0.39, 0.29) is 0 Å². The van der Waals surface area contributed by atoms with Gasteiger partial charge in [0.1, 0.15) is 0 Å². The second-order valence-electron chi connectivity index (χ2n) is 40.1. The lowest BCUT2D eigenvalue weighted by Crippen LogP contribution is -2.34. The van der Waals surface area contributed by atoms with Crippen molar-refractivity contribution in [2.45, 2.75) is 390 Å². The number of benzene rings is 2. The number of ether oxygens (including phenoxy) is 2. The van der Waals surface area contributed by atoms with Gasteiger partial charge in [-0.2, -0.15) is 0 Å². The van der Waals surface area contributed by atoms with E-state index < -0.39 is 0 Å². The fourth-order valence-corrected chi connectivity index (χ4v) is 13.4. The van der Waals surface area contributed by atoms with Crippen LogP contribution in [0.15, 0.2) is 48.5 Å². The second-order valence-corrected chi connectivity index (χ2v) is 40.1. The topological polar surface area (TPSA) is 24.9 Å². The van der Waals surface area contributed by atoms with Gasteiger partial charge in [-0.15, -0.1) is 12.3 Å². The van der Waals surface area contributed by atoms with Crippen LogP contribution in [0.4, 0.5) is 0 Å². The van der Waals surface area contributed by atoms with Crippen molar-refractivity contribution in [3.8, 4) is 12.3 Å². The summed E-state index contributed by atoms with van der Waals surface area (Å²) in [5.41, 5.74) is 5.79. The average Bonchev–Trinajstić information content (AvgIpc) is 0.863. The number of nitrogens with zero attached hydrogens (tertiary/aromatic N) is 2. The van der Waals surface area contributed by atoms with Crippen LogP contribution in [0.1, 0.15) is 399 Å². The van der Waals surface area contributed by atoms with Crippen molar-refractivity contribution in [3.63, 3.8) is 0 Å². The predicted molar refractivity (Wildman–Crippen MR) is 483 cm³/mol. The van der Waals surface area contributed by atoms with Gasteiger partial charge in [-0.25, -0.2) is 0 Å². The molecule has 624 valence electrons. The van der Waals surface area contributed by atoms with Crippen molar-refractivity contribution in [1.82, 2.24) is 9.80 Å². The zero-order valence-corrected chi connectivity index (χ0v) is 78.7. The third-order valence-electron chi connectivity index (χ3n) is 18.8. The zero-order chi connectivity index (χ0) is 81.6. The summed E-state index contributed by atoms with van der Waals surface area (Å²) in [6.07, 6.45) is 32.2. The molecule has 1 fully saturated rings. The van der Waals surface area contributed by atoms with Gasteiger partial charge in [-0.3, -0.25) is 0 Å². The van der Waals surface area contributed by atoms with Gasteiger partial charge in [-0.1, -0.05) is 336 Å². The highest BCUT2D eigenvalue weighted by Gasteiger charge is 2.30. The molecule has 3 rings (SSSR count). The molecular weight excluding hydrogens is 1270 g/mol. The van der Waals surface area contributed by atoms with Crippen molar-refractivity contribution >= 4 is 0 Å². The Balaban J connectivity index is -0.000000367. The van der Waals surface area contributed by atoms with Crippen LogP contribution in [0.2, 0.25) is 0 Å². The SMILES string of the molecule is C#CCC(C)C.CC(C)CC1CC(CC(C)C)CC(CC(C)C)C1.CC(C)CCCCCCC(C)C.CC(C)CCN(CCC(C)C)CCC(C)C.CC(C)CCOCCOCCC(C)C.CC(C)CN(CC(C)C)CC(C)C.CC(C)Cc1ccc(CC(C)C)cc1.CC(C)c1ccc(C(C)C)cc1. The molecule has 1 saturated carbocycles. The van der Waals surface area contributed by atoms with E-state index in [4.69, 9.17) is 15.9 Å². The van der Waals surface area contributed by atoms with Crippen LogP contribution in [0.3, 0.4) is 0 Å². The third-order valence-corrected chi connectivity index (χ3v) is 18.8. The molecule has 0 amide bonds. The molecule has 1 aliphatic carbocycles. The van der Waals surface area contributed by atoms with Crippen molar-refractivity contribution in [1.29, 1.82) is 0 Å². The zero-order valence-electron chi connectivity index (χ0n) is 78.7. The van der Waals surface area contributed by atoms with Crippen LogP contribution in [0.5, 0.6) is 0 Å². The van der Waals surface area contributed by atoms with Crippen LogP contribution in [0, 0.1) is 125 Å². The Morgan fingerprint density at radius 2 is 0.562 bits per heavy atom. The van der Waals surface area contributed by atoms with E-state index in [9.17, 15) is 0 Å². The van der Waals surface area contributed by atoms with E-state index in [2.05, 4.69) is 314 Å². The van der Waals surface area contributed by atoms with Gasteiger partial charge in [0.15, 0.2) is 0 Å². The molecule has 0 N–H and O–H groups in total. The van der Waals surface area contributed by atoms with E-state index in [0.29, 0.717) is 17.8 Å². The maximum Gasteiger partial charge on any atom is 0.0700 e. The first-order chi connectivity index (χ1) is 48.9. The van der Waals surface area contributed by atoms with Gasteiger partial charge in [0.25, 0.3) is 0 Å². The number of hydrogen-bond acceptors (Lipinski definition) is 4. The molecule has 1 aliphatic rings. The lowest BCUT2D eigenvalue weighted by Gasteiger charge is -2.37. The molecule has 4 nitrogen and oxygen atoms in total. The quantitative estimate of drug-likeness (QED) is 0.0488. The van der Waals surface area contributed by atoms with Crippen LogP contribution in [-0.2, 0) is 22.3 Å². The van der Waals surface area contributed by atoms with Gasteiger partial charge in [0.05, 0.1) is 13.2 Å². The summed E-state index contributed by atoms with van der Waals surface area (Å²) in [7, 11) is 0. The number of rotatable bonds is 44. The Morgan fingerprint density at radius 3 is 0.752 bits per heavy atom. The normalized spacial score (nSPS) is 14.6. The average molecular weight is 1470 g/mol. The molecule has 105 heavy (non-hydrogen) atoms. The molecule has 0 spiro atoms. The molecular formula is C101H198N2O2. The molecule has 0 atom stereocenters. The summed E-state index contributed by atoms with van der Waals surface area (Å²) in [4.78, 5) is 5.26. The summed E-state index contributed by atoms with van der Waals surface area (Å²) in [5.74, 6) is 19.9. The van der Waals surface area contributed by atoms with Crippen LogP contribution in [-0.4, -0.2) is 75.5 Å². The Bertz CT molecular complexity index is 1920. The first-order valence-electron chi connectivity index (χ1n) is 45.1. The van der Waals surface area contributed by atoms with E-state index in [1.165, 1.54) is 171 Å². The molecule has 0 radical (unpaired) electrons. The summed E-state index contributed by atoms with van der Waals surface area (Å²) >= 11 is 0. The molecule has 0 aliphatic heterocycles. The van der Waals surface area contributed by atoms with Crippen molar-refractivity contribution in [2.75, 3.05) is 65.7 Å². The van der Waals surface area contributed by atoms with E-state index in [0.717, 1.165) is 152 Å². The minimum absolute atomic E-state index is 0.645. The number of terminal acetylenes is 1. The maximum atomic E-state index is 5.43. The van der Waals surface area contributed by atoms with E-state index in [1.807, 2.05) is 0 Å². The highest BCUT2D eigenvalue weighted by Crippen LogP contribution is 2.41.